The highest BCUT2D eigenvalue weighted by molar-refractivity contribution is 5.87. The third kappa shape index (κ3) is 3.87. The number of likely N-dealkylation sites (tertiary alicyclic amines) is 1. The lowest BCUT2D eigenvalue weighted by Gasteiger charge is -2.32. The Balaban J connectivity index is 1.34. The maximum atomic E-state index is 12.4. The minimum atomic E-state index is -1.01. The van der Waals surface area contributed by atoms with Crippen molar-refractivity contribution in [3.05, 3.63) is 59.7 Å². The molecular weight excluding hydrogens is 384 g/mol. The van der Waals surface area contributed by atoms with Gasteiger partial charge in [0.05, 0.1) is 0 Å². The number of hydrogen-bond acceptors (Lipinski definition) is 4. The lowest BCUT2D eigenvalue weighted by Crippen LogP contribution is -2.51. The average molecular weight is 408 g/mol. The number of alkyl carbamates (subject to hydrolysis) is 1. The smallest absolute Gasteiger partial charge is 0.407 e. The number of fused-ring (bicyclic) bond motifs is 3. The van der Waals surface area contributed by atoms with Gasteiger partial charge in [0.1, 0.15) is 19.2 Å². The van der Waals surface area contributed by atoms with Crippen LogP contribution in [0, 0.1) is 0 Å². The second kappa shape index (κ2) is 8.57. The van der Waals surface area contributed by atoms with Gasteiger partial charge in [0.15, 0.2) is 0 Å². The Morgan fingerprint density at radius 2 is 1.63 bits per heavy atom. The van der Waals surface area contributed by atoms with Gasteiger partial charge in [0, 0.05) is 12.5 Å². The summed E-state index contributed by atoms with van der Waals surface area (Å²) in [4.78, 5) is 37.3. The monoisotopic (exact) mass is 408 g/mol. The van der Waals surface area contributed by atoms with E-state index in [1.807, 2.05) is 36.4 Å². The van der Waals surface area contributed by atoms with Crippen LogP contribution in [0.5, 0.6) is 0 Å². The highest BCUT2D eigenvalue weighted by Crippen LogP contribution is 2.44. The van der Waals surface area contributed by atoms with Crippen molar-refractivity contribution in [3.63, 3.8) is 0 Å². The number of aliphatic carboxylic acids is 1. The molecule has 0 radical (unpaired) electrons. The average Bonchev–Trinajstić information content (AvgIpc) is 3.10. The number of nitrogens with one attached hydrogen (secondary N) is 1. The number of benzene rings is 2. The van der Waals surface area contributed by atoms with E-state index in [0.717, 1.165) is 35.1 Å². The summed E-state index contributed by atoms with van der Waals surface area (Å²) in [6, 6.07) is 15.3. The van der Waals surface area contributed by atoms with Crippen LogP contribution in [0.3, 0.4) is 0 Å². The number of ether oxygens (including phenoxy) is 1. The number of hydrogen-bond donors (Lipinski definition) is 2. The van der Waals surface area contributed by atoms with E-state index in [-0.39, 0.29) is 19.1 Å². The van der Waals surface area contributed by atoms with Crippen molar-refractivity contribution in [2.45, 2.75) is 31.2 Å². The number of carbonyl (C=O) groups is 3. The Bertz CT molecular complexity index is 928. The zero-order chi connectivity index (χ0) is 21.1. The molecule has 1 aliphatic heterocycles. The standard InChI is InChI=1S/C23H24N2O5/c26-21(25-12-6-5-11-20(25)22(27)28)13-24-23(29)30-14-19-17-9-3-1-7-15(17)16-8-2-4-10-18(16)19/h1-4,7-10,19-20H,5-6,11-14H2,(H,24,29)(H,27,28)/t20-/m0/s1. The van der Waals surface area contributed by atoms with Crippen LogP contribution in [0.4, 0.5) is 4.79 Å². The summed E-state index contributed by atoms with van der Waals surface area (Å²) in [7, 11) is 0. The fourth-order valence-electron chi connectivity index (χ4n) is 4.39. The Hall–Kier alpha value is -3.35. The molecule has 1 aliphatic carbocycles. The fourth-order valence-corrected chi connectivity index (χ4v) is 4.39. The van der Waals surface area contributed by atoms with Crippen LogP contribution in [-0.2, 0) is 14.3 Å². The fraction of sp³-hybridized carbons (Fsp3) is 0.348. The molecule has 2 aromatic carbocycles. The number of carboxylic acid groups (broad SMARTS) is 1. The van der Waals surface area contributed by atoms with Crippen LogP contribution in [0.2, 0.25) is 0 Å². The Morgan fingerprint density at radius 3 is 2.27 bits per heavy atom. The van der Waals surface area contributed by atoms with Crippen molar-refractivity contribution >= 4 is 18.0 Å². The predicted octanol–water partition coefficient (Wildman–Crippen LogP) is 2.99. The Labute approximate surface area is 174 Å². The van der Waals surface area contributed by atoms with Crippen molar-refractivity contribution in [1.29, 1.82) is 0 Å². The molecule has 0 aromatic heterocycles. The number of piperidine rings is 1. The zero-order valence-corrected chi connectivity index (χ0v) is 16.5. The first-order chi connectivity index (χ1) is 14.6. The van der Waals surface area contributed by atoms with E-state index in [4.69, 9.17) is 4.74 Å². The maximum absolute atomic E-state index is 12.4. The Kier molecular flexibility index (Phi) is 5.70. The molecule has 7 heteroatoms. The molecule has 1 fully saturated rings. The summed E-state index contributed by atoms with van der Waals surface area (Å²) in [5.41, 5.74) is 4.50. The molecule has 1 saturated heterocycles. The lowest BCUT2D eigenvalue weighted by molar-refractivity contribution is -0.151. The van der Waals surface area contributed by atoms with E-state index >= 15 is 0 Å². The van der Waals surface area contributed by atoms with E-state index in [0.29, 0.717) is 13.0 Å². The molecule has 0 unspecified atom stereocenters. The summed E-state index contributed by atoms with van der Waals surface area (Å²) in [5, 5.41) is 11.8. The lowest BCUT2D eigenvalue weighted by atomic mass is 9.98. The Morgan fingerprint density at radius 1 is 1.00 bits per heavy atom. The molecule has 2 amide bonds. The van der Waals surface area contributed by atoms with Gasteiger partial charge in [-0.1, -0.05) is 48.5 Å². The molecular formula is C23H24N2O5. The van der Waals surface area contributed by atoms with Gasteiger partial charge in [-0.05, 0) is 41.5 Å². The topological polar surface area (TPSA) is 95.9 Å². The van der Waals surface area contributed by atoms with Gasteiger partial charge in [-0.2, -0.15) is 0 Å². The minimum absolute atomic E-state index is 0.0580. The third-order valence-corrected chi connectivity index (χ3v) is 5.84. The van der Waals surface area contributed by atoms with Gasteiger partial charge >= 0.3 is 12.1 Å². The van der Waals surface area contributed by atoms with E-state index < -0.39 is 24.0 Å². The van der Waals surface area contributed by atoms with Crippen molar-refractivity contribution in [1.82, 2.24) is 10.2 Å². The van der Waals surface area contributed by atoms with Crippen LogP contribution < -0.4 is 5.32 Å². The third-order valence-electron chi connectivity index (χ3n) is 5.84. The van der Waals surface area contributed by atoms with Gasteiger partial charge in [-0.3, -0.25) is 4.79 Å². The van der Waals surface area contributed by atoms with E-state index in [1.165, 1.54) is 4.90 Å². The van der Waals surface area contributed by atoms with Crippen LogP contribution in [-0.4, -0.2) is 53.7 Å². The molecule has 0 bridgehead atoms. The molecule has 0 saturated carbocycles. The minimum Gasteiger partial charge on any atom is -0.480 e. The zero-order valence-electron chi connectivity index (χ0n) is 16.5. The normalized spacial score (nSPS) is 17.7. The SMILES string of the molecule is O=C(NCC(=O)N1CCCC[C@H]1C(=O)O)OCC1c2ccccc2-c2ccccc21. The molecule has 1 atom stereocenters. The molecule has 2 aromatic rings. The number of nitrogens with zero attached hydrogens (tertiary/aromatic N) is 1. The molecule has 2 N–H and O–H groups in total. The first kappa shape index (κ1) is 19.9. The van der Waals surface area contributed by atoms with Crippen molar-refractivity contribution in [2.75, 3.05) is 19.7 Å². The molecule has 7 nitrogen and oxygen atoms in total. The van der Waals surface area contributed by atoms with Crippen LogP contribution >= 0.6 is 0 Å². The number of amides is 2. The predicted molar refractivity (Wildman–Crippen MR) is 110 cm³/mol. The maximum Gasteiger partial charge on any atom is 0.407 e. The van der Waals surface area contributed by atoms with Gasteiger partial charge < -0.3 is 20.1 Å². The molecule has 156 valence electrons. The highest BCUT2D eigenvalue weighted by Gasteiger charge is 2.32. The molecule has 0 spiro atoms. The molecule has 1 heterocycles. The van der Waals surface area contributed by atoms with Crippen molar-refractivity contribution in [3.8, 4) is 11.1 Å². The van der Waals surface area contributed by atoms with Gasteiger partial charge in [0.25, 0.3) is 0 Å². The van der Waals surface area contributed by atoms with Crippen LogP contribution in [0.1, 0.15) is 36.3 Å². The summed E-state index contributed by atoms with van der Waals surface area (Å²) >= 11 is 0. The highest BCUT2D eigenvalue weighted by atomic mass is 16.5. The van der Waals surface area contributed by atoms with Crippen LogP contribution in [0.15, 0.2) is 48.5 Å². The summed E-state index contributed by atoms with van der Waals surface area (Å²) < 4.78 is 5.41. The second-order valence-electron chi connectivity index (χ2n) is 7.62. The van der Waals surface area contributed by atoms with Crippen molar-refractivity contribution in [2.24, 2.45) is 0 Å². The quantitative estimate of drug-likeness (QED) is 0.793. The second-order valence-corrected chi connectivity index (χ2v) is 7.62. The van der Waals surface area contributed by atoms with Crippen LogP contribution in [0.25, 0.3) is 11.1 Å². The largest absolute Gasteiger partial charge is 0.480 e. The summed E-state index contributed by atoms with van der Waals surface area (Å²) in [6.07, 6.45) is 1.29. The first-order valence-corrected chi connectivity index (χ1v) is 10.2. The molecule has 30 heavy (non-hydrogen) atoms. The number of carboxylic acids is 1. The van der Waals surface area contributed by atoms with E-state index in [2.05, 4.69) is 17.4 Å². The summed E-state index contributed by atoms with van der Waals surface area (Å²) in [6.45, 7) is 0.276. The van der Waals surface area contributed by atoms with Gasteiger partial charge in [-0.15, -0.1) is 0 Å². The number of rotatable bonds is 5. The molecule has 4 rings (SSSR count). The first-order valence-electron chi connectivity index (χ1n) is 10.2. The van der Waals surface area contributed by atoms with Crippen molar-refractivity contribution < 1.29 is 24.2 Å². The van der Waals surface area contributed by atoms with Gasteiger partial charge in [-0.25, -0.2) is 9.59 Å². The van der Waals surface area contributed by atoms with E-state index in [9.17, 15) is 19.5 Å². The van der Waals surface area contributed by atoms with E-state index in [1.54, 1.807) is 0 Å². The van der Waals surface area contributed by atoms with Gasteiger partial charge in [0.2, 0.25) is 5.91 Å². The number of carbonyl (C=O) groups excluding carboxylic acids is 2. The molecule has 2 aliphatic rings. The summed E-state index contributed by atoms with van der Waals surface area (Å²) in [5.74, 6) is -1.47.